The van der Waals surface area contributed by atoms with Crippen LogP contribution in [0, 0.1) is 17.8 Å². The van der Waals surface area contributed by atoms with Crippen molar-refractivity contribution >= 4 is 40.7 Å². The largest absolute Gasteiger partial charge is 0.508 e. The van der Waals surface area contributed by atoms with Crippen molar-refractivity contribution in [1.82, 2.24) is 0 Å². The number of rotatable bonds is 2. The highest BCUT2D eigenvalue weighted by Crippen LogP contribution is 2.56. The number of hydrogen-bond donors (Lipinski definition) is 1. The van der Waals surface area contributed by atoms with Gasteiger partial charge in [0.1, 0.15) is 5.75 Å². The highest BCUT2D eigenvalue weighted by atomic mass is 35.5. The Morgan fingerprint density at radius 3 is 2.44 bits per heavy atom. The monoisotopic (exact) mass is 499 g/mol. The molecule has 36 heavy (non-hydrogen) atoms. The van der Waals surface area contributed by atoms with Crippen molar-refractivity contribution in [3.8, 4) is 5.75 Å². The number of phenolic OH excluding ortho intramolecular Hbond substituents is 1. The number of para-hydroxylation sites is 1. The molecule has 0 radical (unpaired) electrons. The van der Waals surface area contributed by atoms with Crippen LogP contribution in [0.4, 0.5) is 5.69 Å². The number of allylic oxidation sites excluding steroid dienone is 6. The number of phenols is 1. The number of Topliss-reactive ketones (excluding diaryl/α,β-unsaturated/α-hetero) is 1. The summed E-state index contributed by atoms with van der Waals surface area (Å²) in [5.41, 5.74) is 3.05. The number of amides is 2. The summed E-state index contributed by atoms with van der Waals surface area (Å²) in [5, 5.41) is 10.2. The van der Waals surface area contributed by atoms with E-state index in [2.05, 4.69) is 0 Å². The van der Waals surface area contributed by atoms with E-state index in [4.69, 9.17) is 11.6 Å². The maximum absolute atomic E-state index is 13.8. The summed E-state index contributed by atoms with van der Waals surface area (Å²) in [6.45, 7) is 1.61. The van der Waals surface area contributed by atoms with Gasteiger partial charge < -0.3 is 5.11 Å². The minimum absolute atomic E-state index is 0.0140. The summed E-state index contributed by atoms with van der Waals surface area (Å²) in [6, 6.07) is 13.4. The molecule has 6 nitrogen and oxygen atoms in total. The van der Waals surface area contributed by atoms with Crippen molar-refractivity contribution in [1.29, 1.82) is 0 Å². The Labute approximate surface area is 212 Å². The molecular weight excluding hydrogens is 478 g/mol. The highest BCUT2D eigenvalue weighted by molar-refractivity contribution is 6.32. The molecule has 4 aliphatic rings. The van der Waals surface area contributed by atoms with Crippen molar-refractivity contribution in [3.63, 3.8) is 0 Å². The fraction of sp³-hybridized carbons (Fsp3) is 0.241. The first-order chi connectivity index (χ1) is 17.3. The number of imide groups is 1. The minimum atomic E-state index is -0.640. The van der Waals surface area contributed by atoms with E-state index in [-0.39, 0.29) is 40.6 Å². The summed E-state index contributed by atoms with van der Waals surface area (Å²) >= 11 is 6.55. The third kappa shape index (κ3) is 3.17. The van der Waals surface area contributed by atoms with E-state index in [0.717, 1.165) is 5.57 Å². The fourth-order valence-corrected chi connectivity index (χ4v) is 6.60. The standard InChI is InChI=1S/C29H22ClNO5/c1-14-11-23(33)26-21(27(14)34)13-20-17(24(26)18-8-7-16(32)12-22(18)30)9-10-19-25(20)29(36)31(28(19)35)15-5-3-2-4-6-15/h2-9,11-12,19-20,24-25,32H,10,13H2,1H3. The maximum Gasteiger partial charge on any atom is 0.238 e. The van der Waals surface area contributed by atoms with Crippen LogP contribution < -0.4 is 4.90 Å². The van der Waals surface area contributed by atoms with Gasteiger partial charge in [-0.25, -0.2) is 0 Å². The zero-order valence-electron chi connectivity index (χ0n) is 19.4. The van der Waals surface area contributed by atoms with Gasteiger partial charge in [-0.3, -0.25) is 24.1 Å². The number of carbonyl (C=O) groups excluding carboxylic acids is 4. The molecule has 1 saturated heterocycles. The number of hydrogen-bond acceptors (Lipinski definition) is 5. The Morgan fingerprint density at radius 2 is 1.72 bits per heavy atom. The second-order valence-electron chi connectivity index (χ2n) is 9.78. The van der Waals surface area contributed by atoms with Crippen molar-refractivity contribution in [2.45, 2.75) is 25.7 Å². The van der Waals surface area contributed by atoms with Gasteiger partial charge in [-0.05, 0) is 61.6 Å². The molecule has 1 fully saturated rings. The number of carbonyl (C=O) groups is 4. The van der Waals surface area contributed by atoms with Gasteiger partial charge in [0.25, 0.3) is 0 Å². The number of ketones is 2. The molecule has 2 aromatic carbocycles. The maximum atomic E-state index is 13.8. The molecule has 0 spiro atoms. The molecule has 3 aliphatic carbocycles. The van der Waals surface area contributed by atoms with Gasteiger partial charge in [-0.15, -0.1) is 0 Å². The zero-order valence-corrected chi connectivity index (χ0v) is 20.2. The van der Waals surface area contributed by atoms with Crippen LogP contribution in [-0.2, 0) is 19.2 Å². The second kappa shape index (κ2) is 8.14. The van der Waals surface area contributed by atoms with Crippen LogP contribution in [0.2, 0.25) is 5.02 Å². The Balaban J connectivity index is 1.51. The average Bonchev–Trinajstić information content (AvgIpc) is 3.12. The van der Waals surface area contributed by atoms with Crippen LogP contribution in [0.3, 0.4) is 0 Å². The molecule has 1 heterocycles. The highest BCUT2D eigenvalue weighted by Gasteiger charge is 2.56. The molecule has 1 aliphatic heterocycles. The smallest absolute Gasteiger partial charge is 0.238 e. The normalized spacial score (nSPS) is 27.4. The Hall–Kier alpha value is -3.77. The molecule has 7 heteroatoms. The minimum Gasteiger partial charge on any atom is -0.508 e. The Kier molecular flexibility index (Phi) is 5.12. The van der Waals surface area contributed by atoms with Crippen LogP contribution in [-0.4, -0.2) is 28.5 Å². The van der Waals surface area contributed by atoms with Crippen LogP contribution in [0.15, 0.2) is 83.0 Å². The predicted molar refractivity (Wildman–Crippen MR) is 133 cm³/mol. The summed E-state index contributed by atoms with van der Waals surface area (Å²) in [6.07, 6.45) is 3.88. The molecule has 2 amide bonds. The summed E-state index contributed by atoms with van der Waals surface area (Å²) in [5.74, 6) is -3.25. The first-order valence-electron chi connectivity index (χ1n) is 11.9. The Morgan fingerprint density at radius 1 is 0.972 bits per heavy atom. The zero-order chi connectivity index (χ0) is 25.3. The third-order valence-electron chi connectivity index (χ3n) is 7.87. The lowest BCUT2D eigenvalue weighted by Crippen LogP contribution is -2.39. The van der Waals surface area contributed by atoms with Gasteiger partial charge >= 0.3 is 0 Å². The van der Waals surface area contributed by atoms with E-state index >= 15 is 0 Å². The van der Waals surface area contributed by atoms with Crippen LogP contribution >= 0.6 is 11.6 Å². The molecule has 0 aromatic heterocycles. The number of fused-ring (bicyclic) bond motifs is 3. The number of anilines is 1. The van der Waals surface area contributed by atoms with Gasteiger partial charge in [-0.1, -0.05) is 47.5 Å². The summed E-state index contributed by atoms with van der Waals surface area (Å²) in [7, 11) is 0. The SMILES string of the molecule is CC1=CC(=O)C2=C(CC3C(=CCC4C(=O)N(c5ccccc5)C(=O)C43)C2c2ccc(O)cc2Cl)C1=O. The molecule has 0 bridgehead atoms. The van der Waals surface area contributed by atoms with E-state index in [1.807, 2.05) is 12.1 Å². The second-order valence-corrected chi connectivity index (χ2v) is 10.2. The van der Waals surface area contributed by atoms with Crippen LogP contribution in [0.5, 0.6) is 5.75 Å². The molecule has 4 unspecified atom stereocenters. The van der Waals surface area contributed by atoms with E-state index in [0.29, 0.717) is 34.4 Å². The van der Waals surface area contributed by atoms with Gasteiger partial charge in [-0.2, -0.15) is 0 Å². The van der Waals surface area contributed by atoms with Gasteiger partial charge in [0.05, 0.1) is 17.5 Å². The quantitative estimate of drug-likeness (QED) is 0.368. The van der Waals surface area contributed by atoms with Crippen molar-refractivity contribution in [2.24, 2.45) is 17.8 Å². The van der Waals surface area contributed by atoms with Gasteiger partial charge in [0.15, 0.2) is 11.6 Å². The molecule has 180 valence electrons. The lowest BCUT2D eigenvalue weighted by Gasteiger charge is -2.42. The molecule has 1 N–H and O–H groups in total. The van der Waals surface area contributed by atoms with Gasteiger partial charge in [0.2, 0.25) is 11.8 Å². The first kappa shape index (κ1) is 22.7. The predicted octanol–water partition coefficient (Wildman–Crippen LogP) is 4.68. The number of aromatic hydroxyl groups is 1. The van der Waals surface area contributed by atoms with E-state index < -0.39 is 23.7 Å². The average molecular weight is 500 g/mol. The van der Waals surface area contributed by atoms with Gasteiger partial charge in [0, 0.05) is 27.7 Å². The van der Waals surface area contributed by atoms with E-state index in [1.165, 1.54) is 23.1 Å². The molecule has 4 atom stereocenters. The molecule has 0 saturated carbocycles. The third-order valence-corrected chi connectivity index (χ3v) is 8.20. The molecule has 6 rings (SSSR count). The van der Waals surface area contributed by atoms with Crippen LogP contribution in [0.1, 0.15) is 31.2 Å². The lowest BCUT2D eigenvalue weighted by atomic mass is 9.59. The number of benzene rings is 2. The summed E-state index contributed by atoms with van der Waals surface area (Å²) in [4.78, 5) is 55.0. The number of halogens is 1. The lowest BCUT2D eigenvalue weighted by molar-refractivity contribution is -0.123. The summed E-state index contributed by atoms with van der Waals surface area (Å²) < 4.78 is 0. The van der Waals surface area contributed by atoms with Crippen molar-refractivity contribution in [3.05, 3.63) is 93.6 Å². The first-order valence-corrected chi connectivity index (χ1v) is 12.3. The Bertz CT molecular complexity index is 1470. The van der Waals surface area contributed by atoms with E-state index in [9.17, 15) is 24.3 Å². The number of nitrogens with zero attached hydrogens (tertiary/aromatic N) is 1. The fourth-order valence-electron chi connectivity index (χ4n) is 6.32. The molecular formula is C29H22ClNO5. The van der Waals surface area contributed by atoms with Crippen LogP contribution in [0.25, 0.3) is 0 Å². The van der Waals surface area contributed by atoms with Crippen molar-refractivity contribution in [2.75, 3.05) is 4.90 Å². The topological polar surface area (TPSA) is 91.8 Å². The molecule has 2 aromatic rings. The van der Waals surface area contributed by atoms with E-state index in [1.54, 1.807) is 37.3 Å². The van der Waals surface area contributed by atoms with Crippen molar-refractivity contribution < 1.29 is 24.3 Å².